The molecule has 32 heavy (non-hydrogen) atoms. The maximum absolute atomic E-state index is 13.2. The average Bonchev–Trinajstić information content (AvgIpc) is 2.82. The van der Waals surface area contributed by atoms with E-state index in [4.69, 9.17) is 9.47 Å². The van der Waals surface area contributed by atoms with Gasteiger partial charge in [-0.2, -0.15) is 0 Å². The first-order valence-electron chi connectivity index (χ1n) is 12.2. The minimum Gasteiger partial charge on any atom is -0.490 e. The van der Waals surface area contributed by atoms with E-state index in [0.29, 0.717) is 19.4 Å². The lowest BCUT2D eigenvalue weighted by atomic mass is 9.94. The number of aryl methyl sites for hydroxylation is 1. The lowest BCUT2D eigenvalue weighted by molar-refractivity contribution is -0.144. The Kier molecular flexibility index (Phi) is 8.03. The summed E-state index contributed by atoms with van der Waals surface area (Å²) >= 11 is 0. The second kappa shape index (κ2) is 11.1. The smallest absolute Gasteiger partial charge is 0.227 e. The molecule has 3 fully saturated rings. The van der Waals surface area contributed by atoms with Crippen LogP contribution < -0.4 is 4.74 Å². The fraction of sp³-hybridized carbons (Fsp3) is 0.680. The number of amides is 2. The number of para-hydroxylation sites is 1. The molecule has 1 aromatic rings. The molecule has 4 rings (SSSR count). The molecule has 3 saturated heterocycles. The van der Waals surface area contributed by atoms with E-state index in [1.54, 1.807) is 0 Å². The molecule has 0 aromatic heterocycles. The van der Waals surface area contributed by atoms with Gasteiger partial charge in [-0.1, -0.05) is 18.2 Å². The van der Waals surface area contributed by atoms with Crippen molar-refractivity contribution in [3.8, 4) is 5.75 Å². The SMILES string of the molecule is Cc1ccccc1OC1CCN(C(=O)C2CCC(=O)N(CCCN3CCOCC3)C2)CC1. The minimum absolute atomic E-state index is 0.0649. The highest BCUT2D eigenvalue weighted by molar-refractivity contribution is 5.84. The van der Waals surface area contributed by atoms with Crippen LogP contribution in [0.5, 0.6) is 5.75 Å². The normalized spacial score (nSPS) is 23.4. The molecular weight excluding hydrogens is 406 g/mol. The van der Waals surface area contributed by atoms with Crippen molar-refractivity contribution in [2.75, 3.05) is 59.0 Å². The summed E-state index contributed by atoms with van der Waals surface area (Å²) in [6.07, 6.45) is 3.99. The third kappa shape index (κ3) is 6.01. The summed E-state index contributed by atoms with van der Waals surface area (Å²) in [4.78, 5) is 31.9. The van der Waals surface area contributed by atoms with E-state index >= 15 is 0 Å². The molecule has 1 unspecified atom stereocenters. The molecule has 176 valence electrons. The van der Waals surface area contributed by atoms with Gasteiger partial charge in [-0.25, -0.2) is 0 Å². The minimum atomic E-state index is -0.0649. The van der Waals surface area contributed by atoms with Gasteiger partial charge < -0.3 is 19.3 Å². The molecule has 0 radical (unpaired) electrons. The van der Waals surface area contributed by atoms with E-state index in [-0.39, 0.29) is 23.8 Å². The molecule has 1 atom stereocenters. The first-order chi connectivity index (χ1) is 15.6. The number of carbonyl (C=O) groups excluding carboxylic acids is 2. The second-order valence-corrected chi connectivity index (χ2v) is 9.29. The van der Waals surface area contributed by atoms with Crippen LogP contribution in [0, 0.1) is 12.8 Å². The van der Waals surface area contributed by atoms with Crippen LogP contribution in [0.25, 0.3) is 0 Å². The van der Waals surface area contributed by atoms with Crippen molar-refractivity contribution in [2.24, 2.45) is 5.92 Å². The highest BCUT2D eigenvalue weighted by atomic mass is 16.5. The molecule has 0 bridgehead atoms. The highest BCUT2D eigenvalue weighted by Gasteiger charge is 2.34. The number of hydrogen-bond donors (Lipinski definition) is 0. The van der Waals surface area contributed by atoms with Gasteiger partial charge in [0, 0.05) is 65.1 Å². The largest absolute Gasteiger partial charge is 0.490 e. The van der Waals surface area contributed by atoms with E-state index in [1.807, 2.05) is 28.0 Å². The van der Waals surface area contributed by atoms with E-state index in [2.05, 4.69) is 17.9 Å². The van der Waals surface area contributed by atoms with Crippen LogP contribution in [-0.2, 0) is 14.3 Å². The number of morpholine rings is 1. The zero-order valence-electron chi connectivity index (χ0n) is 19.3. The summed E-state index contributed by atoms with van der Waals surface area (Å²) in [6.45, 7) is 9.36. The Bertz CT molecular complexity index is 772. The monoisotopic (exact) mass is 443 g/mol. The third-order valence-electron chi connectivity index (χ3n) is 7.00. The molecule has 7 heteroatoms. The summed E-state index contributed by atoms with van der Waals surface area (Å²) in [7, 11) is 0. The van der Waals surface area contributed by atoms with Gasteiger partial charge in [-0.3, -0.25) is 14.5 Å². The number of benzene rings is 1. The molecule has 1 aromatic carbocycles. The molecule has 0 saturated carbocycles. The summed E-state index contributed by atoms with van der Waals surface area (Å²) < 4.78 is 11.6. The summed E-state index contributed by atoms with van der Waals surface area (Å²) in [6, 6.07) is 8.09. The maximum atomic E-state index is 13.2. The van der Waals surface area contributed by atoms with Crippen molar-refractivity contribution in [1.29, 1.82) is 0 Å². The second-order valence-electron chi connectivity index (χ2n) is 9.29. The Labute approximate surface area is 191 Å². The maximum Gasteiger partial charge on any atom is 0.227 e. The van der Waals surface area contributed by atoms with Crippen molar-refractivity contribution in [3.05, 3.63) is 29.8 Å². The number of ether oxygens (including phenoxy) is 2. The molecule has 0 aliphatic carbocycles. The third-order valence-corrected chi connectivity index (χ3v) is 7.00. The van der Waals surface area contributed by atoms with Crippen molar-refractivity contribution >= 4 is 11.8 Å². The first kappa shape index (κ1) is 23.1. The van der Waals surface area contributed by atoms with Crippen LogP contribution in [0.4, 0.5) is 0 Å². The predicted octanol–water partition coefficient (Wildman–Crippen LogP) is 2.33. The van der Waals surface area contributed by atoms with Crippen LogP contribution in [-0.4, -0.2) is 91.6 Å². The van der Waals surface area contributed by atoms with Gasteiger partial charge in [0.05, 0.1) is 19.1 Å². The van der Waals surface area contributed by atoms with Crippen LogP contribution in [0.3, 0.4) is 0 Å². The van der Waals surface area contributed by atoms with Gasteiger partial charge in [0.25, 0.3) is 0 Å². The Morgan fingerprint density at radius 3 is 2.56 bits per heavy atom. The number of piperidine rings is 2. The predicted molar refractivity (Wildman–Crippen MR) is 123 cm³/mol. The van der Waals surface area contributed by atoms with Gasteiger partial charge in [-0.05, 0) is 31.4 Å². The lowest BCUT2D eigenvalue weighted by Crippen LogP contribution is -2.50. The van der Waals surface area contributed by atoms with Gasteiger partial charge in [0.1, 0.15) is 11.9 Å². The van der Waals surface area contributed by atoms with Crippen LogP contribution in [0.15, 0.2) is 24.3 Å². The highest BCUT2D eigenvalue weighted by Crippen LogP contribution is 2.25. The number of hydrogen-bond acceptors (Lipinski definition) is 5. The molecule has 2 amide bonds. The van der Waals surface area contributed by atoms with Crippen LogP contribution in [0.2, 0.25) is 0 Å². The zero-order valence-corrected chi connectivity index (χ0v) is 19.3. The molecular formula is C25H37N3O4. The van der Waals surface area contributed by atoms with Crippen LogP contribution >= 0.6 is 0 Å². The molecule has 3 heterocycles. The van der Waals surface area contributed by atoms with Crippen molar-refractivity contribution < 1.29 is 19.1 Å². The van der Waals surface area contributed by atoms with Crippen molar-refractivity contribution in [1.82, 2.24) is 14.7 Å². The van der Waals surface area contributed by atoms with Crippen molar-refractivity contribution in [2.45, 2.75) is 45.1 Å². The Morgan fingerprint density at radius 1 is 1.06 bits per heavy atom. The molecule has 3 aliphatic rings. The first-order valence-corrected chi connectivity index (χ1v) is 12.2. The molecule has 7 nitrogen and oxygen atoms in total. The van der Waals surface area contributed by atoms with Gasteiger partial charge in [0.2, 0.25) is 11.8 Å². The molecule has 0 N–H and O–H groups in total. The zero-order chi connectivity index (χ0) is 22.3. The quantitative estimate of drug-likeness (QED) is 0.647. The molecule has 0 spiro atoms. The standard InChI is InChI=1S/C25H37N3O4/c1-20-5-2-3-6-23(20)32-22-9-13-27(14-10-22)25(30)21-7-8-24(29)28(19-21)12-4-11-26-15-17-31-18-16-26/h2-3,5-6,21-22H,4,7-19H2,1H3. The Morgan fingerprint density at radius 2 is 1.81 bits per heavy atom. The number of nitrogens with zero attached hydrogens (tertiary/aromatic N) is 3. The van der Waals surface area contributed by atoms with Crippen molar-refractivity contribution in [3.63, 3.8) is 0 Å². The van der Waals surface area contributed by atoms with Gasteiger partial charge >= 0.3 is 0 Å². The summed E-state index contributed by atoms with van der Waals surface area (Å²) in [5, 5.41) is 0. The fourth-order valence-electron chi connectivity index (χ4n) is 4.96. The Balaban J connectivity index is 1.21. The number of rotatable bonds is 7. The van der Waals surface area contributed by atoms with Gasteiger partial charge in [-0.15, -0.1) is 0 Å². The van der Waals surface area contributed by atoms with E-state index in [0.717, 1.165) is 83.1 Å². The van der Waals surface area contributed by atoms with E-state index in [9.17, 15) is 9.59 Å². The fourth-order valence-corrected chi connectivity index (χ4v) is 4.96. The average molecular weight is 444 g/mol. The topological polar surface area (TPSA) is 62.3 Å². The van der Waals surface area contributed by atoms with Crippen LogP contribution in [0.1, 0.15) is 37.7 Å². The Hall–Kier alpha value is -2.12. The summed E-state index contributed by atoms with van der Waals surface area (Å²) in [5.41, 5.74) is 1.14. The van der Waals surface area contributed by atoms with E-state index < -0.39 is 0 Å². The van der Waals surface area contributed by atoms with E-state index in [1.165, 1.54) is 0 Å². The number of carbonyl (C=O) groups is 2. The lowest BCUT2D eigenvalue weighted by Gasteiger charge is -2.38. The summed E-state index contributed by atoms with van der Waals surface area (Å²) in [5.74, 6) is 1.28. The van der Waals surface area contributed by atoms with Gasteiger partial charge in [0.15, 0.2) is 0 Å². The number of likely N-dealkylation sites (tertiary alicyclic amines) is 2. The molecule has 3 aliphatic heterocycles.